The maximum atomic E-state index is 12.9. The number of carbonyl (C=O) groups excluding carboxylic acids is 2. The average Bonchev–Trinajstić information content (AvgIpc) is 2.85. The number of nitrogens with zero attached hydrogens (tertiary/aromatic N) is 3. The summed E-state index contributed by atoms with van der Waals surface area (Å²) < 4.78 is 49.6. The van der Waals surface area contributed by atoms with Crippen molar-refractivity contribution in [2.45, 2.75) is 38.5 Å². The lowest BCUT2D eigenvalue weighted by Crippen LogP contribution is -2.44. The summed E-state index contributed by atoms with van der Waals surface area (Å²) in [6.45, 7) is 2.11. The van der Waals surface area contributed by atoms with E-state index in [2.05, 4.69) is 0 Å². The molecule has 1 aliphatic heterocycles. The lowest BCUT2D eigenvalue weighted by molar-refractivity contribution is -0.386. The number of likely N-dealkylation sites (tertiary alicyclic amines) is 1. The van der Waals surface area contributed by atoms with Crippen LogP contribution in [-0.4, -0.2) is 40.7 Å². The Morgan fingerprint density at radius 1 is 1.14 bits per heavy atom. The summed E-state index contributed by atoms with van der Waals surface area (Å²) in [4.78, 5) is 37.7. The van der Waals surface area contributed by atoms with E-state index in [1.807, 2.05) is 0 Å². The lowest BCUT2D eigenvalue weighted by Gasteiger charge is -2.28. The number of halogens is 4. The molecule has 0 bridgehead atoms. The van der Waals surface area contributed by atoms with Gasteiger partial charge in [-0.05, 0) is 50.5 Å². The highest BCUT2D eigenvalue weighted by Crippen LogP contribution is 2.39. The fourth-order valence-electron chi connectivity index (χ4n) is 3.71. The van der Waals surface area contributed by atoms with E-state index in [9.17, 15) is 38.1 Å². The summed E-state index contributed by atoms with van der Waals surface area (Å²) in [6, 6.07) is 7.35. The number of hydrogen-bond donors (Lipinski definition) is 0. The van der Waals surface area contributed by atoms with Crippen LogP contribution in [-0.2, 0) is 15.8 Å². The number of piperidine rings is 1. The molecule has 1 heterocycles. The van der Waals surface area contributed by atoms with E-state index in [0.29, 0.717) is 19.2 Å². The number of amides is 1. The molecule has 1 saturated heterocycles. The molecule has 2 unspecified atom stereocenters. The summed E-state index contributed by atoms with van der Waals surface area (Å²) in [5.41, 5.74) is -1.53. The van der Waals surface area contributed by atoms with Crippen LogP contribution in [0.2, 0.25) is 5.02 Å². The Balaban J connectivity index is 1.81. The Bertz CT molecular complexity index is 1240. The van der Waals surface area contributed by atoms with Gasteiger partial charge in [0, 0.05) is 25.2 Å². The number of benzene rings is 2. The molecule has 2 aromatic rings. The van der Waals surface area contributed by atoms with Gasteiger partial charge in [-0.15, -0.1) is 0 Å². The number of nitro benzene ring substituents is 1. The van der Waals surface area contributed by atoms with E-state index < -0.39 is 51.8 Å². The van der Waals surface area contributed by atoms with Crippen LogP contribution in [0.4, 0.5) is 18.9 Å². The van der Waals surface area contributed by atoms with Gasteiger partial charge in [-0.2, -0.15) is 18.4 Å². The largest absolute Gasteiger partial charge is 0.476 e. The van der Waals surface area contributed by atoms with E-state index in [-0.39, 0.29) is 16.5 Å². The second-order valence-electron chi connectivity index (χ2n) is 8.24. The first-order valence-electron chi connectivity index (χ1n) is 11.1. The normalized spacial score (nSPS) is 15.3. The molecule has 0 aliphatic carbocycles. The second-order valence-corrected chi connectivity index (χ2v) is 8.65. The molecular formula is C24H21ClF3N3O6. The molecule has 196 valence electrons. The summed E-state index contributed by atoms with van der Waals surface area (Å²) in [5.74, 6) is -3.81. The number of Topliss-reactive ketones (excluding diaryl/α,β-unsaturated/α-hetero) is 1. The maximum absolute atomic E-state index is 12.9. The lowest BCUT2D eigenvalue weighted by atomic mass is 9.99. The maximum Gasteiger partial charge on any atom is 0.416 e. The minimum Gasteiger partial charge on any atom is -0.476 e. The Kier molecular flexibility index (Phi) is 8.60. The fraction of sp³-hybridized carbons (Fsp3) is 0.375. The van der Waals surface area contributed by atoms with Crippen molar-refractivity contribution >= 4 is 29.0 Å². The molecule has 0 N–H and O–H groups in total. The van der Waals surface area contributed by atoms with Gasteiger partial charge in [-0.25, -0.2) is 0 Å². The first-order chi connectivity index (χ1) is 17.4. The number of alkyl halides is 3. The van der Waals surface area contributed by atoms with E-state index in [0.717, 1.165) is 43.5 Å². The molecule has 37 heavy (non-hydrogen) atoms. The van der Waals surface area contributed by atoms with Crippen molar-refractivity contribution in [3.8, 4) is 23.3 Å². The highest BCUT2D eigenvalue weighted by atomic mass is 35.5. The van der Waals surface area contributed by atoms with Gasteiger partial charge < -0.3 is 14.4 Å². The molecule has 0 saturated carbocycles. The van der Waals surface area contributed by atoms with Crippen molar-refractivity contribution in [1.29, 1.82) is 5.26 Å². The zero-order valence-corrected chi connectivity index (χ0v) is 20.2. The number of rotatable bonds is 8. The Morgan fingerprint density at radius 3 is 2.38 bits per heavy atom. The Hall–Kier alpha value is -3.85. The molecule has 3 rings (SSSR count). The van der Waals surface area contributed by atoms with Crippen molar-refractivity contribution < 1.29 is 37.2 Å². The zero-order chi connectivity index (χ0) is 27.3. The molecule has 0 spiro atoms. The molecular weight excluding hydrogens is 519 g/mol. The van der Waals surface area contributed by atoms with Gasteiger partial charge in [0.2, 0.25) is 11.7 Å². The van der Waals surface area contributed by atoms with Gasteiger partial charge in [-0.3, -0.25) is 19.7 Å². The summed E-state index contributed by atoms with van der Waals surface area (Å²) in [5, 5.41) is 20.6. The first kappa shape index (κ1) is 27.7. The Morgan fingerprint density at radius 2 is 1.81 bits per heavy atom. The van der Waals surface area contributed by atoms with Gasteiger partial charge in [0.1, 0.15) is 11.5 Å². The summed E-state index contributed by atoms with van der Waals surface area (Å²) in [7, 11) is 0. The number of nitro groups is 1. The van der Waals surface area contributed by atoms with Crippen LogP contribution < -0.4 is 9.47 Å². The SMILES string of the molecule is CC(Oc1cc(Oc2ccc(C(F)(F)F)cc2Cl)ccc1[N+](=O)[O-])C(=O)C(C#N)C(=O)N1CCCCC1. The minimum atomic E-state index is -4.62. The third-order valence-corrected chi connectivity index (χ3v) is 5.94. The number of ether oxygens (including phenoxy) is 2. The van der Waals surface area contributed by atoms with Crippen molar-refractivity contribution in [2.24, 2.45) is 5.92 Å². The van der Waals surface area contributed by atoms with Crippen LogP contribution in [0.1, 0.15) is 31.7 Å². The Labute approximate surface area is 214 Å². The van der Waals surface area contributed by atoms with Gasteiger partial charge in [0.05, 0.1) is 21.6 Å². The van der Waals surface area contributed by atoms with Gasteiger partial charge >= 0.3 is 11.9 Å². The van der Waals surface area contributed by atoms with E-state index in [1.54, 1.807) is 6.07 Å². The van der Waals surface area contributed by atoms with Crippen LogP contribution in [0.15, 0.2) is 36.4 Å². The van der Waals surface area contributed by atoms with E-state index in [1.165, 1.54) is 17.9 Å². The monoisotopic (exact) mass is 539 g/mol. The van der Waals surface area contributed by atoms with Crippen LogP contribution in [0, 0.1) is 27.4 Å². The van der Waals surface area contributed by atoms with Crippen LogP contribution in [0.5, 0.6) is 17.2 Å². The van der Waals surface area contributed by atoms with Crippen molar-refractivity contribution in [3.05, 3.63) is 57.1 Å². The molecule has 0 radical (unpaired) electrons. The smallest absolute Gasteiger partial charge is 0.416 e. The highest BCUT2D eigenvalue weighted by molar-refractivity contribution is 6.32. The summed E-state index contributed by atoms with van der Waals surface area (Å²) >= 11 is 5.90. The molecule has 9 nitrogen and oxygen atoms in total. The van der Waals surface area contributed by atoms with E-state index in [4.69, 9.17) is 21.1 Å². The number of nitriles is 1. The van der Waals surface area contributed by atoms with Crippen molar-refractivity contribution in [3.63, 3.8) is 0 Å². The van der Waals surface area contributed by atoms with Crippen molar-refractivity contribution in [2.75, 3.05) is 13.1 Å². The third kappa shape index (κ3) is 6.68. The zero-order valence-electron chi connectivity index (χ0n) is 19.5. The molecule has 1 fully saturated rings. The predicted octanol–water partition coefficient (Wildman–Crippen LogP) is 5.55. The van der Waals surface area contributed by atoms with Gasteiger partial charge in [-0.1, -0.05) is 11.6 Å². The third-order valence-electron chi connectivity index (χ3n) is 5.65. The quantitative estimate of drug-likeness (QED) is 0.245. The molecule has 1 aliphatic rings. The van der Waals surface area contributed by atoms with Gasteiger partial charge in [0.25, 0.3) is 0 Å². The number of carbonyl (C=O) groups is 2. The standard InChI is InChI=1S/C24H21ClF3N3O6/c1-14(22(32)17(13-29)23(33)30-9-3-2-4-10-30)36-21-12-16(6-7-19(21)31(34)35)37-20-8-5-15(11-18(20)25)24(26,27)28/h5-8,11-12,14,17H,2-4,9-10H2,1H3. The fourth-order valence-corrected chi connectivity index (χ4v) is 3.93. The predicted molar refractivity (Wildman–Crippen MR) is 124 cm³/mol. The molecule has 2 aromatic carbocycles. The minimum absolute atomic E-state index is 0.0804. The highest BCUT2D eigenvalue weighted by Gasteiger charge is 2.36. The molecule has 0 aromatic heterocycles. The average molecular weight is 540 g/mol. The molecule has 2 atom stereocenters. The number of hydrogen-bond acceptors (Lipinski definition) is 7. The molecule has 13 heteroatoms. The van der Waals surface area contributed by atoms with Crippen LogP contribution >= 0.6 is 11.6 Å². The molecule has 1 amide bonds. The second kappa shape index (κ2) is 11.5. The van der Waals surface area contributed by atoms with Crippen LogP contribution in [0.25, 0.3) is 0 Å². The van der Waals surface area contributed by atoms with E-state index >= 15 is 0 Å². The van der Waals surface area contributed by atoms with Crippen molar-refractivity contribution in [1.82, 2.24) is 4.90 Å². The first-order valence-corrected chi connectivity index (χ1v) is 11.5. The number of ketones is 1. The van der Waals surface area contributed by atoms with Gasteiger partial charge in [0.15, 0.2) is 17.8 Å². The van der Waals surface area contributed by atoms with Crippen LogP contribution in [0.3, 0.4) is 0 Å². The topological polar surface area (TPSA) is 123 Å². The summed E-state index contributed by atoms with van der Waals surface area (Å²) in [6.07, 6.45) is -3.58.